The topological polar surface area (TPSA) is 81.7 Å². The maximum absolute atomic E-state index is 5.95. The number of fused-ring (bicyclic) bond motifs is 5. The number of nitrogens with one attached hydrogen (secondary N) is 1. The van der Waals surface area contributed by atoms with Crippen LogP contribution in [-0.2, 0) is 0 Å². The minimum absolute atomic E-state index is 0.609. The molecule has 40 heavy (non-hydrogen) atoms. The van der Waals surface area contributed by atoms with Crippen LogP contribution < -0.4 is 5.32 Å². The molecule has 0 radical (unpaired) electrons. The Hall–Kier alpha value is -5.56. The zero-order chi connectivity index (χ0) is 26.5. The monoisotopic (exact) mass is 518 g/mol. The largest absolute Gasteiger partial charge is 0.464 e. The van der Waals surface area contributed by atoms with E-state index in [0.717, 1.165) is 61.7 Å². The molecule has 190 valence electrons. The van der Waals surface area contributed by atoms with Crippen molar-refractivity contribution in [1.82, 2.24) is 29.8 Å². The van der Waals surface area contributed by atoms with Crippen molar-refractivity contribution in [3.63, 3.8) is 0 Å². The molecule has 1 N–H and O–H groups in total. The van der Waals surface area contributed by atoms with Crippen molar-refractivity contribution in [3.8, 4) is 28.5 Å². The summed E-state index contributed by atoms with van der Waals surface area (Å²) in [6.07, 6.45) is 11.2. The third-order valence-electron chi connectivity index (χ3n) is 7.27. The minimum atomic E-state index is 0.609. The van der Waals surface area contributed by atoms with E-state index in [4.69, 9.17) is 19.4 Å². The number of nitrogens with zero attached hydrogens (tertiary/aromatic N) is 5. The number of pyridine rings is 1. The highest BCUT2D eigenvalue weighted by Crippen LogP contribution is 2.37. The maximum Gasteiger partial charge on any atom is 0.164 e. The average molecular weight is 519 g/mol. The number of hydrogen-bond donors (Lipinski definition) is 1. The molecule has 0 fully saturated rings. The summed E-state index contributed by atoms with van der Waals surface area (Å²) >= 11 is 0. The third-order valence-corrected chi connectivity index (χ3v) is 7.27. The number of aromatic nitrogens is 5. The van der Waals surface area contributed by atoms with Crippen LogP contribution in [0.3, 0.4) is 0 Å². The summed E-state index contributed by atoms with van der Waals surface area (Å²) in [4.78, 5) is 18.8. The second kappa shape index (κ2) is 9.03. The lowest BCUT2D eigenvalue weighted by molar-refractivity contribution is 0.619. The van der Waals surface area contributed by atoms with E-state index in [1.54, 1.807) is 18.7 Å². The quantitative estimate of drug-likeness (QED) is 0.272. The van der Waals surface area contributed by atoms with Crippen LogP contribution in [0.2, 0.25) is 0 Å². The molecule has 0 unspecified atom stereocenters. The zero-order valence-corrected chi connectivity index (χ0v) is 21.3. The molecule has 3 aromatic carbocycles. The summed E-state index contributed by atoms with van der Waals surface area (Å²) in [7, 11) is 0. The van der Waals surface area contributed by atoms with Gasteiger partial charge >= 0.3 is 0 Å². The van der Waals surface area contributed by atoms with Crippen LogP contribution in [-0.4, -0.2) is 31.0 Å². The second-order valence-electron chi connectivity index (χ2n) is 9.64. The van der Waals surface area contributed by atoms with Gasteiger partial charge in [-0.3, -0.25) is 4.98 Å². The van der Waals surface area contributed by atoms with E-state index in [1.807, 2.05) is 36.5 Å². The van der Waals surface area contributed by atoms with Gasteiger partial charge in [-0.15, -0.1) is 0 Å². The van der Waals surface area contributed by atoms with Crippen LogP contribution in [0.15, 0.2) is 120 Å². The lowest BCUT2D eigenvalue weighted by Gasteiger charge is -2.12. The Kier molecular flexibility index (Phi) is 5.06. The highest BCUT2D eigenvalue weighted by Gasteiger charge is 2.18. The Labute approximate surface area is 229 Å². The van der Waals surface area contributed by atoms with Gasteiger partial charge in [-0.1, -0.05) is 36.4 Å². The molecule has 1 aliphatic heterocycles. The Morgan fingerprint density at radius 3 is 2.48 bits per heavy atom. The van der Waals surface area contributed by atoms with Gasteiger partial charge in [0, 0.05) is 52.1 Å². The first-order valence-electron chi connectivity index (χ1n) is 13.1. The van der Waals surface area contributed by atoms with Gasteiger partial charge in [-0.25, -0.2) is 15.0 Å². The van der Waals surface area contributed by atoms with Crippen LogP contribution in [0.4, 0.5) is 0 Å². The fourth-order valence-corrected chi connectivity index (χ4v) is 5.42. The van der Waals surface area contributed by atoms with Gasteiger partial charge in [-0.2, -0.15) is 0 Å². The molecule has 0 atom stereocenters. The van der Waals surface area contributed by atoms with E-state index < -0.39 is 0 Å². The Balaban J connectivity index is 1.34. The van der Waals surface area contributed by atoms with Crippen molar-refractivity contribution in [3.05, 3.63) is 122 Å². The predicted octanol–water partition coefficient (Wildman–Crippen LogP) is 6.94. The Bertz CT molecular complexity index is 2120. The molecule has 0 aliphatic carbocycles. The minimum Gasteiger partial charge on any atom is -0.464 e. The molecule has 7 heteroatoms. The number of hydrogen-bond acceptors (Lipinski definition) is 6. The van der Waals surface area contributed by atoms with Crippen LogP contribution >= 0.6 is 0 Å². The average Bonchev–Trinajstić information content (AvgIpc) is 3.64. The highest BCUT2D eigenvalue weighted by atomic mass is 16.3. The van der Waals surface area contributed by atoms with Crippen molar-refractivity contribution >= 4 is 38.3 Å². The van der Waals surface area contributed by atoms with Crippen molar-refractivity contribution in [2.45, 2.75) is 0 Å². The molecule has 0 bridgehead atoms. The van der Waals surface area contributed by atoms with Gasteiger partial charge in [-0.05, 0) is 60.8 Å². The Morgan fingerprint density at radius 2 is 1.60 bits per heavy atom. The lowest BCUT2D eigenvalue weighted by atomic mass is 10.1. The first-order valence-corrected chi connectivity index (χ1v) is 13.1. The fourth-order valence-electron chi connectivity index (χ4n) is 5.42. The van der Waals surface area contributed by atoms with Crippen LogP contribution in [0.5, 0.6) is 0 Å². The molecule has 8 rings (SSSR count). The standard InChI is InChI=1S/C33H22N6O/c1-2-7-27-26(6-1)29-28(9-8-21-14-19-40-30(21)29)39(27)25-5-3-4-24(20-25)33-37-31(22-10-15-34-16-11-22)36-32(38-33)23-12-17-35-18-13-23/h1-17,19-20,35H,18H2. The van der Waals surface area contributed by atoms with E-state index in [9.17, 15) is 0 Å². The van der Waals surface area contributed by atoms with Crippen LogP contribution in [0, 0.1) is 0 Å². The van der Waals surface area contributed by atoms with Gasteiger partial charge in [0.25, 0.3) is 0 Å². The van der Waals surface area contributed by atoms with E-state index in [-0.39, 0.29) is 0 Å². The number of dihydropyridines is 1. The van der Waals surface area contributed by atoms with Gasteiger partial charge in [0.1, 0.15) is 5.58 Å². The van der Waals surface area contributed by atoms with Crippen molar-refractivity contribution in [2.75, 3.05) is 6.54 Å². The summed E-state index contributed by atoms with van der Waals surface area (Å²) in [5, 5.41) is 6.54. The van der Waals surface area contributed by atoms with E-state index in [2.05, 4.69) is 75.5 Å². The normalized spacial score (nSPS) is 13.2. The molecular formula is C33H22N6O. The van der Waals surface area contributed by atoms with Gasteiger partial charge in [0.05, 0.1) is 22.7 Å². The molecule has 4 aromatic heterocycles. The summed E-state index contributed by atoms with van der Waals surface area (Å²) in [6, 6.07) is 26.9. The first-order chi connectivity index (χ1) is 19.8. The number of furan rings is 1. The molecule has 1 aliphatic rings. The van der Waals surface area contributed by atoms with Gasteiger partial charge in [0.2, 0.25) is 0 Å². The molecule has 7 nitrogen and oxygen atoms in total. The maximum atomic E-state index is 5.95. The van der Waals surface area contributed by atoms with Crippen molar-refractivity contribution in [2.24, 2.45) is 0 Å². The predicted molar refractivity (Wildman–Crippen MR) is 158 cm³/mol. The lowest BCUT2D eigenvalue weighted by Crippen LogP contribution is -2.10. The highest BCUT2D eigenvalue weighted by molar-refractivity contribution is 6.19. The summed E-state index contributed by atoms with van der Waals surface area (Å²) in [5.41, 5.74) is 6.86. The summed E-state index contributed by atoms with van der Waals surface area (Å²) < 4.78 is 8.23. The first kappa shape index (κ1) is 22.4. The zero-order valence-electron chi connectivity index (χ0n) is 21.3. The SMILES string of the molecule is C1=CC(c2nc(-c3ccncc3)nc(-c3cccc(-n4c5ccccc5c5c6occc6ccc54)c3)n2)=CCN1. The number of allylic oxidation sites excluding steroid dienone is 2. The molecule has 5 heterocycles. The van der Waals surface area contributed by atoms with Crippen molar-refractivity contribution in [1.29, 1.82) is 0 Å². The van der Waals surface area contributed by atoms with Crippen molar-refractivity contribution < 1.29 is 4.42 Å². The number of rotatable bonds is 4. The van der Waals surface area contributed by atoms with Crippen LogP contribution in [0.1, 0.15) is 5.82 Å². The summed E-state index contributed by atoms with van der Waals surface area (Å²) in [6.45, 7) is 0.726. The second-order valence-corrected chi connectivity index (χ2v) is 9.64. The smallest absolute Gasteiger partial charge is 0.164 e. The fraction of sp³-hybridized carbons (Fsp3) is 0.0303. The Morgan fingerprint density at radius 1 is 0.750 bits per heavy atom. The number of para-hydroxylation sites is 1. The van der Waals surface area contributed by atoms with E-state index in [1.165, 1.54) is 0 Å². The van der Waals surface area contributed by atoms with Gasteiger partial charge in [0.15, 0.2) is 17.5 Å². The number of benzene rings is 3. The van der Waals surface area contributed by atoms with E-state index in [0.29, 0.717) is 17.5 Å². The van der Waals surface area contributed by atoms with Crippen LogP contribution in [0.25, 0.3) is 66.8 Å². The molecule has 0 saturated heterocycles. The molecule has 0 saturated carbocycles. The third kappa shape index (κ3) is 3.60. The van der Waals surface area contributed by atoms with E-state index >= 15 is 0 Å². The molecule has 7 aromatic rings. The molecule has 0 amide bonds. The molecule has 0 spiro atoms. The summed E-state index contributed by atoms with van der Waals surface area (Å²) in [5.74, 6) is 1.86. The van der Waals surface area contributed by atoms with Gasteiger partial charge < -0.3 is 14.3 Å². The molecular weight excluding hydrogens is 496 g/mol.